The van der Waals surface area contributed by atoms with E-state index in [1.807, 2.05) is 0 Å². The number of rotatable bonds is 11. The molecule has 0 N–H and O–H groups in total. The molecule has 0 amide bonds. The zero-order valence-corrected chi connectivity index (χ0v) is 51.0. The predicted octanol–water partition coefficient (Wildman–Crippen LogP) is 23.9. The van der Waals surface area contributed by atoms with E-state index in [9.17, 15) is 0 Å². The van der Waals surface area contributed by atoms with Crippen molar-refractivity contribution >= 4 is 43.6 Å². The Kier molecular flexibility index (Phi) is 12.8. The van der Waals surface area contributed by atoms with Gasteiger partial charge in [-0.15, -0.1) is 0 Å². The van der Waals surface area contributed by atoms with E-state index in [2.05, 4.69) is 373 Å². The third-order valence-electron chi connectivity index (χ3n) is 19.6. The van der Waals surface area contributed by atoms with Crippen molar-refractivity contribution < 1.29 is 0 Å². The van der Waals surface area contributed by atoms with Crippen molar-refractivity contribution in [3.05, 3.63) is 386 Å². The highest BCUT2D eigenvalue weighted by Gasteiger charge is 2.46. The molecule has 2 heteroatoms. The fourth-order valence-corrected chi connectivity index (χ4v) is 15.2. The lowest BCUT2D eigenvalue weighted by atomic mass is 9.67. The number of hydrogen-bond donors (Lipinski definition) is 0. The Bertz CT molecular complexity index is 5670. The Hall–Kier alpha value is -12.1. The van der Waals surface area contributed by atoms with E-state index in [-0.39, 0.29) is 0 Å². The smallest absolute Gasteiger partial charge is 0.0713 e. The summed E-state index contributed by atoms with van der Waals surface area (Å²) in [6.45, 7) is 0. The van der Waals surface area contributed by atoms with Crippen LogP contribution in [-0.4, -0.2) is 9.13 Å². The standard InChI is InChI=1S/C91H60N2/c1-3-19-61(20-4-1)68-23-15-24-69(55-68)67-47-51-75(52-48-67)91(85-35-11-7-31-79(85)80-32-8-12-36-86(80)91)76-28-16-25-70(56-76)65-43-39-63(40-44-65)64-41-45-66(46-42-64)72-27-18-30-78(58-72)93-88-38-14-10-34-82(88)84-60-74(50-54-90(84)93)73-49-53-89-83(59-73)81-33-9-13-37-87(81)92(89)77-29-17-26-71(57-77)62-21-5-2-6-22-62/h1-60H. The summed E-state index contributed by atoms with van der Waals surface area (Å²) in [4.78, 5) is 0. The summed E-state index contributed by atoms with van der Waals surface area (Å²) in [6.07, 6.45) is 0. The Labute approximate surface area is 541 Å². The monoisotopic (exact) mass is 1180 g/mol. The van der Waals surface area contributed by atoms with Crippen LogP contribution in [0.4, 0.5) is 0 Å². The second-order valence-electron chi connectivity index (χ2n) is 24.7. The Morgan fingerprint density at radius 2 is 0.484 bits per heavy atom. The molecule has 1 aliphatic rings. The molecule has 0 fully saturated rings. The minimum absolute atomic E-state index is 0.524. The number of benzene rings is 15. The zero-order chi connectivity index (χ0) is 61.4. The van der Waals surface area contributed by atoms with E-state index in [4.69, 9.17) is 0 Å². The quantitative estimate of drug-likeness (QED) is 0.122. The number of fused-ring (bicyclic) bond motifs is 9. The molecule has 0 saturated heterocycles. The van der Waals surface area contributed by atoms with Gasteiger partial charge in [0.2, 0.25) is 0 Å². The van der Waals surface area contributed by atoms with Crippen LogP contribution >= 0.6 is 0 Å². The van der Waals surface area contributed by atoms with Crippen LogP contribution in [0.1, 0.15) is 22.3 Å². The van der Waals surface area contributed by atoms with Gasteiger partial charge in [0.05, 0.1) is 27.5 Å². The van der Waals surface area contributed by atoms with Crippen molar-refractivity contribution in [3.63, 3.8) is 0 Å². The molecule has 434 valence electrons. The van der Waals surface area contributed by atoms with Gasteiger partial charge in [0.15, 0.2) is 0 Å². The lowest BCUT2D eigenvalue weighted by Crippen LogP contribution is -2.28. The third kappa shape index (κ3) is 9.02. The predicted molar refractivity (Wildman–Crippen MR) is 390 cm³/mol. The van der Waals surface area contributed by atoms with E-state index < -0.39 is 5.41 Å². The molecule has 2 aromatic heterocycles. The molecule has 0 spiro atoms. The van der Waals surface area contributed by atoms with Gasteiger partial charge in [-0.1, -0.05) is 291 Å². The van der Waals surface area contributed by atoms with Gasteiger partial charge in [-0.25, -0.2) is 0 Å². The summed E-state index contributed by atoms with van der Waals surface area (Å²) in [5, 5.41) is 4.94. The Balaban J connectivity index is 0.636. The molecule has 17 aromatic rings. The highest BCUT2D eigenvalue weighted by atomic mass is 15.0. The minimum Gasteiger partial charge on any atom is -0.309 e. The van der Waals surface area contributed by atoms with Gasteiger partial charge in [-0.3, -0.25) is 0 Å². The van der Waals surface area contributed by atoms with Crippen molar-refractivity contribution in [3.8, 4) is 100 Å². The van der Waals surface area contributed by atoms with Crippen LogP contribution < -0.4 is 0 Å². The molecular formula is C91H60N2. The topological polar surface area (TPSA) is 9.86 Å². The zero-order valence-electron chi connectivity index (χ0n) is 51.0. The maximum Gasteiger partial charge on any atom is 0.0713 e. The summed E-state index contributed by atoms with van der Waals surface area (Å²) in [6, 6.07) is 135. The van der Waals surface area contributed by atoms with E-state index >= 15 is 0 Å². The molecule has 15 aromatic carbocycles. The summed E-state index contributed by atoms with van der Waals surface area (Å²) in [5.41, 5.74) is 30.9. The van der Waals surface area contributed by atoms with Crippen LogP contribution in [0, 0.1) is 0 Å². The average molecular weight is 1180 g/mol. The largest absolute Gasteiger partial charge is 0.309 e. The lowest BCUT2D eigenvalue weighted by molar-refractivity contribution is 0.769. The molecule has 0 atom stereocenters. The van der Waals surface area contributed by atoms with Crippen LogP contribution in [-0.2, 0) is 5.41 Å². The van der Waals surface area contributed by atoms with Gasteiger partial charge in [-0.05, 0) is 184 Å². The summed E-state index contributed by atoms with van der Waals surface area (Å²) >= 11 is 0. The molecular weight excluding hydrogens is 1120 g/mol. The second-order valence-corrected chi connectivity index (χ2v) is 24.7. The molecule has 2 heterocycles. The first-order valence-corrected chi connectivity index (χ1v) is 32.2. The molecule has 0 aliphatic heterocycles. The molecule has 0 bridgehead atoms. The normalized spacial score (nSPS) is 12.4. The van der Waals surface area contributed by atoms with E-state index in [0.717, 1.165) is 11.4 Å². The van der Waals surface area contributed by atoms with Crippen molar-refractivity contribution in [2.45, 2.75) is 5.41 Å². The highest BCUT2D eigenvalue weighted by molar-refractivity contribution is 6.13. The molecule has 18 rings (SSSR count). The first-order valence-electron chi connectivity index (χ1n) is 32.2. The van der Waals surface area contributed by atoms with Crippen LogP contribution in [0.15, 0.2) is 364 Å². The van der Waals surface area contributed by atoms with Crippen molar-refractivity contribution in [2.75, 3.05) is 0 Å². The van der Waals surface area contributed by atoms with Crippen LogP contribution in [0.5, 0.6) is 0 Å². The van der Waals surface area contributed by atoms with Crippen LogP contribution in [0.25, 0.3) is 144 Å². The number of para-hydroxylation sites is 2. The van der Waals surface area contributed by atoms with E-state index in [0.29, 0.717) is 0 Å². The van der Waals surface area contributed by atoms with Gasteiger partial charge in [0.25, 0.3) is 0 Å². The lowest BCUT2D eigenvalue weighted by Gasteiger charge is -2.34. The number of hydrogen-bond acceptors (Lipinski definition) is 0. The maximum absolute atomic E-state index is 2.43. The third-order valence-corrected chi connectivity index (χ3v) is 19.6. The molecule has 1 aliphatic carbocycles. The number of aromatic nitrogens is 2. The maximum atomic E-state index is 2.43. The molecule has 0 radical (unpaired) electrons. The number of nitrogens with zero attached hydrogens (tertiary/aromatic N) is 2. The fraction of sp³-hybridized carbons (Fsp3) is 0.0110. The highest BCUT2D eigenvalue weighted by Crippen LogP contribution is 2.57. The fourth-order valence-electron chi connectivity index (χ4n) is 15.2. The molecule has 93 heavy (non-hydrogen) atoms. The SMILES string of the molecule is c1ccc(-c2cccc(-c3ccc(C4(c5cccc(-c6ccc(-c7ccc(-c8cccc(-n9c%10ccccc%10c%10cc(-c%11ccc%12c(c%11)c%11ccccc%11n%12-c%11cccc(-c%12ccccc%12)c%11)ccc%109)c8)cc7)cc6)c5)c5ccccc5-c5ccccc54)cc3)c2)cc1. The van der Waals surface area contributed by atoms with E-state index in [1.165, 1.54) is 155 Å². The van der Waals surface area contributed by atoms with Crippen LogP contribution in [0.2, 0.25) is 0 Å². The van der Waals surface area contributed by atoms with Gasteiger partial charge < -0.3 is 9.13 Å². The Morgan fingerprint density at radius 3 is 0.957 bits per heavy atom. The molecule has 0 unspecified atom stereocenters. The van der Waals surface area contributed by atoms with Gasteiger partial charge >= 0.3 is 0 Å². The Morgan fingerprint density at radius 1 is 0.172 bits per heavy atom. The van der Waals surface area contributed by atoms with Gasteiger partial charge in [0.1, 0.15) is 0 Å². The van der Waals surface area contributed by atoms with Gasteiger partial charge in [0, 0.05) is 32.9 Å². The summed E-state index contributed by atoms with van der Waals surface area (Å²) in [5.74, 6) is 0. The second kappa shape index (κ2) is 22.1. The summed E-state index contributed by atoms with van der Waals surface area (Å²) < 4.78 is 4.84. The first kappa shape index (κ1) is 53.9. The first-order chi connectivity index (χ1) is 46.1. The van der Waals surface area contributed by atoms with Crippen molar-refractivity contribution in [2.24, 2.45) is 0 Å². The molecule has 0 saturated carbocycles. The van der Waals surface area contributed by atoms with Gasteiger partial charge in [-0.2, -0.15) is 0 Å². The van der Waals surface area contributed by atoms with Crippen molar-refractivity contribution in [1.29, 1.82) is 0 Å². The van der Waals surface area contributed by atoms with E-state index in [1.54, 1.807) is 0 Å². The molecule has 2 nitrogen and oxygen atoms in total. The van der Waals surface area contributed by atoms with Crippen LogP contribution in [0.3, 0.4) is 0 Å². The summed E-state index contributed by atoms with van der Waals surface area (Å²) in [7, 11) is 0. The van der Waals surface area contributed by atoms with Crippen molar-refractivity contribution in [1.82, 2.24) is 9.13 Å². The minimum atomic E-state index is -0.524. The average Bonchev–Trinajstić information content (AvgIpc) is 1.57.